The molecule has 0 saturated carbocycles. The van der Waals surface area contributed by atoms with E-state index < -0.39 is 0 Å². The van der Waals surface area contributed by atoms with Crippen molar-refractivity contribution >= 4 is 5.96 Å². The number of aliphatic imine (C=N–C) groups is 1. The Kier molecular flexibility index (Phi) is 9.90. The minimum atomic E-state index is 0.276. The first kappa shape index (κ1) is 20.5. The second kappa shape index (κ2) is 12.5. The fraction of sp³-hybridized carbons (Fsp3) is 0.650. The van der Waals surface area contributed by atoms with Gasteiger partial charge in [-0.3, -0.25) is 4.99 Å². The van der Waals surface area contributed by atoms with Gasteiger partial charge in [0.05, 0.1) is 19.3 Å². The van der Waals surface area contributed by atoms with E-state index in [9.17, 15) is 0 Å². The van der Waals surface area contributed by atoms with Crippen LogP contribution < -0.4 is 15.4 Å². The van der Waals surface area contributed by atoms with Crippen molar-refractivity contribution in [1.82, 2.24) is 10.6 Å². The van der Waals surface area contributed by atoms with Gasteiger partial charge in [-0.1, -0.05) is 12.1 Å². The second-order valence-electron chi connectivity index (χ2n) is 6.23. The molecular formula is C20H33N3O3. The first-order valence-corrected chi connectivity index (χ1v) is 9.75. The van der Waals surface area contributed by atoms with Gasteiger partial charge in [0.15, 0.2) is 5.96 Å². The second-order valence-corrected chi connectivity index (χ2v) is 6.23. The number of ether oxygens (including phenoxy) is 3. The van der Waals surface area contributed by atoms with Crippen molar-refractivity contribution in [3.05, 3.63) is 29.8 Å². The first-order chi connectivity index (χ1) is 12.8. The molecule has 1 atom stereocenters. The van der Waals surface area contributed by atoms with Crippen molar-refractivity contribution in [2.24, 2.45) is 4.99 Å². The Morgan fingerprint density at radius 1 is 1.31 bits per heavy atom. The van der Waals surface area contributed by atoms with Crippen LogP contribution >= 0.6 is 0 Å². The van der Waals surface area contributed by atoms with Crippen LogP contribution in [-0.4, -0.2) is 58.1 Å². The molecule has 1 fully saturated rings. The molecule has 1 heterocycles. The maximum Gasteiger partial charge on any atom is 0.191 e. The Hall–Kier alpha value is -1.79. The van der Waals surface area contributed by atoms with E-state index in [1.807, 2.05) is 19.1 Å². The highest BCUT2D eigenvalue weighted by atomic mass is 16.5. The fourth-order valence-electron chi connectivity index (χ4n) is 2.77. The van der Waals surface area contributed by atoms with Crippen LogP contribution in [-0.2, 0) is 15.9 Å². The molecule has 1 aliphatic rings. The standard InChI is InChI=1S/C20H33N3O3/c1-3-21-20(22-11-6-13-26-19-10-14-24-16-19)23-12-9-17-7-5-8-18(15-17)25-4-2/h5,7-8,15,19H,3-4,6,9-14,16H2,1-2H3,(H2,21,22,23). The summed E-state index contributed by atoms with van der Waals surface area (Å²) in [6.07, 6.45) is 3.13. The van der Waals surface area contributed by atoms with E-state index in [1.54, 1.807) is 0 Å². The molecule has 1 aromatic rings. The Bertz CT molecular complexity index is 531. The number of hydrogen-bond acceptors (Lipinski definition) is 4. The van der Waals surface area contributed by atoms with Crippen molar-refractivity contribution in [1.29, 1.82) is 0 Å². The molecule has 6 nitrogen and oxygen atoms in total. The van der Waals surface area contributed by atoms with Crippen molar-refractivity contribution < 1.29 is 14.2 Å². The lowest BCUT2D eigenvalue weighted by Gasteiger charge is -2.12. The van der Waals surface area contributed by atoms with Crippen molar-refractivity contribution in [3.8, 4) is 5.75 Å². The summed E-state index contributed by atoms with van der Waals surface area (Å²) in [5.74, 6) is 1.79. The average molecular weight is 364 g/mol. The van der Waals surface area contributed by atoms with Crippen molar-refractivity contribution in [3.63, 3.8) is 0 Å². The van der Waals surface area contributed by atoms with Crippen LogP contribution in [0.3, 0.4) is 0 Å². The Morgan fingerprint density at radius 3 is 3.00 bits per heavy atom. The molecule has 6 heteroatoms. The van der Waals surface area contributed by atoms with Crippen LogP contribution in [0, 0.1) is 0 Å². The molecule has 26 heavy (non-hydrogen) atoms. The van der Waals surface area contributed by atoms with Crippen LogP contribution in [0.4, 0.5) is 0 Å². The molecule has 0 aliphatic carbocycles. The van der Waals surface area contributed by atoms with Crippen molar-refractivity contribution in [2.75, 3.05) is 46.1 Å². The SMILES string of the molecule is CCNC(=NCCCOC1CCOC1)NCCc1cccc(OCC)c1. The summed E-state index contributed by atoms with van der Waals surface area (Å²) in [5, 5.41) is 6.68. The lowest BCUT2D eigenvalue weighted by molar-refractivity contribution is 0.0424. The molecule has 1 aromatic carbocycles. The van der Waals surface area contributed by atoms with Crippen LogP contribution in [0.25, 0.3) is 0 Å². The maximum absolute atomic E-state index is 5.77. The first-order valence-electron chi connectivity index (χ1n) is 9.75. The zero-order valence-electron chi connectivity index (χ0n) is 16.1. The van der Waals surface area contributed by atoms with Gasteiger partial charge in [-0.2, -0.15) is 0 Å². The third-order valence-electron chi connectivity index (χ3n) is 4.07. The molecular weight excluding hydrogens is 330 g/mol. The molecule has 0 bridgehead atoms. The van der Waals surface area contributed by atoms with E-state index in [0.717, 1.165) is 70.4 Å². The number of guanidine groups is 1. The number of benzene rings is 1. The molecule has 1 unspecified atom stereocenters. The summed E-state index contributed by atoms with van der Waals surface area (Å²) < 4.78 is 16.6. The topological polar surface area (TPSA) is 64.1 Å². The van der Waals surface area contributed by atoms with Gasteiger partial charge >= 0.3 is 0 Å². The minimum absolute atomic E-state index is 0.276. The number of nitrogens with zero attached hydrogens (tertiary/aromatic N) is 1. The molecule has 2 rings (SSSR count). The normalized spacial score (nSPS) is 17.3. The molecule has 1 saturated heterocycles. The van der Waals surface area contributed by atoms with Crippen LogP contribution in [0.1, 0.15) is 32.3 Å². The van der Waals surface area contributed by atoms with Gasteiger partial charge in [0.1, 0.15) is 5.75 Å². The summed E-state index contributed by atoms with van der Waals surface area (Å²) in [7, 11) is 0. The smallest absolute Gasteiger partial charge is 0.191 e. The predicted octanol–water partition coefficient (Wildman–Crippen LogP) is 2.38. The average Bonchev–Trinajstić information content (AvgIpc) is 3.15. The van der Waals surface area contributed by atoms with E-state index in [4.69, 9.17) is 14.2 Å². The van der Waals surface area contributed by atoms with Gasteiger partial charge in [0.2, 0.25) is 0 Å². The predicted molar refractivity (Wildman–Crippen MR) is 105 cm³/mol. The number of rotatable bonds is 11. The molecule has 1 aliphatic heterocycles. The largest absolute Gasteiger partial charge is 0.494 e. The lowest BCUT2D eigenvalue weighted by Crippen LogP contribution is -2.38. The van der Waals surface area contributed by atoms with Crippen LogP contribution in [0.15, 0.2) is 29.3 Å². The van der Waals surface area contributed by atoms with E-state index in [0.29, 0.717) is 6.61 Å². The highest BCUT2D eigenvalue weighted by molar-refractivity contribution is 5.79. The third kappa shape index (κ3) is 8.06. The summed E-state index contributed by atoms with van der Waals surface area (Å²) in [4.78, 5) is 4.61. The molecule has 0 spiro atoms. The Morgan fingerprint density at radius 2 is 2.23 bits per heavy atom. The molecule has 0 aromatic heterocycles. The quantitative estimate of drug-likeness (QED) is 0.359. The van der Waals surface area contributed by atoms with Crippen LogP contribution in [0.2, 0.25) is 0 Å². The Balaban J connectivity index is 1.66. The maximum atomic E-state index is 5.77. The van der Waals surface area contributed by atoms with Gasteiger partial charge in [-0.25, -0.2) is 0 Å². The van der Waals surface area contributed by atoms with Crippen LogP contribution in [0.5, 0.6) is 5.75 Å². The zero-order valence-corrected chi connectivity index (χ0v) is 16.1. The summed E-state index contributed by atoms with van der Waals surface area (Å²) in [5.41, 5.74) is 1.26. The summed E-state index contributed by atoms with van der Waals surface area (Å²) in [6.45, 7) is 9.49. The lowest BCUT2D eigenvalue weighted by atomic mass is 10.1. The van der Waals surface area contributed by atoms with Gasteiger partial charge in [-0.15, -0.1) is 0 Å². The van der Waals surface area contributed by atoms with Crippen molar-refractivity contribution in [2.45, 2.75) is 39.2 Å². The minimum Gasteiger partial charge on any atom is -0.494 e. The van der Waals surface area contributed by atoms with E-state index in [1.165, 1.54) is 5.56 Å². The zero-order chi connectivity index (χ0) is 18.5. The third-order valence-corrected chi connectivity index (χ3v) is 4.07. The summed E-state index contributed by atoms with van der Waals surface area (Å²) >= 11 is 0. The molecule has 0 amide bonds. The number of nitrogens with one attached hydrogen (secondary N) is 2. The van der Waals surface area contributed by atoms with Gasteiger partial charge < -0.3 is 24.8 Å². The molecule has 146 valence electrons. The highest BCUT2D eigenvalue weighted by Crippen LogP contribution is 2.13. The van der Waals surface area contributed by atoms with E-state index >= 15 is 0 Å². The van der Waals surface area contributed by atoms with E-state index in [-0.39, 0.29) is 6.10 Å². The van der Waals surface area contributed by atoms with Gasteiger partial charge in [0.25, 0.3) is 0 Å². The monoisotopic (exact) mass is 363 g/mol. The number of hydrogen-bond donors (Lipinski definition) is 2. The fourth-order valence-corrected chi connectivity index (χ4v) is 2.77. The van der Waals surface area contributed by atoms with Gasteiger partial charge in [0, 0.05) is 32.8 Å². The van der Waals surface area contributed by atoms with E-state index in [2.05, 4.69) is 34.7 Å². The highest BCUT2D eigenvalue weighted by Gasteiger charge is 2.15. The summed E-state index contributed by atoms with van der Waals surface area (Å²) in [6, 6.07) is 8.25. The Labute approximate surface area is 157 Å². The van der Waals surface area contributed by atoms with Gasteiger partial charge in [-0.05, 0) is 50.8 Å². The molecule has 0 radical (unpaired) electrons. The molecule has 2 N–H and O–H groups in total.